The van der Waals surface area contributed by atoms with Crippen molar-refractivity contribution in [3.8, 4) is 11.5 Å². The molecule has 1 N–H and O–H groups in total. The molecule has 2 heterocycles. The molecule has 0 fully saturated rings. The first-order valence-electron chi connectivity index (χ1n) is 5.60. The van der Waals surface area contributed by atoms with Crippen LogP contribution in [0.1, 0.15) is 26.5 Å². The number of H-pyrrole nitrogens is 1. The predicted octanol–water partition coefficient (Wildman–Crippen LogP) is 2.27. The van der Waals surface area contributed by atoms with Crippen molar-refractivity contribution in [3.63, 3.8) is 0 Å². The molecule has 2 aromatic heterocycles. The molecule has 0 atom stereocenters. The molecule has 0 aliphatic rings. The number of pyridine rings is 1. The second-order valence-corrected chi connectivity index (χ2v) is 5.09. The van der Waals surface area contributed by atoms with E-state index in [2.05, 4.69) is 15.0 Å². The molecule has 0 aromatic carbocycles. The smallest absolute Gasteiger partial charge is 0.251 e. The summed E-state index contributed by atoms with van der Waals surface area (Å²) in [4.78, 5) is 22.5. The fourth-order valence-electron chi connectivity index (χ4n) is 1.48. The maximum Gasteiger partial charge on any atom is 0.251 e. The van der Waals surface area contributed by atoms with Crippen LogP contribution in [-0.4, -0.2) is 15.0 Å². The molecule has 94 valence electrons. The van der Waals surface area contributed by atoms with Crippen LogP contribution >= 0.6 is 0 Å². The topological polar surface area (TPSA) is 58.6 Å². The van der Waals surface area contributed by atoms with Crippen molar-refractivity contribution in [2.24, 2.45) is 0 Å². The van der Waals surface area contributed by atoms with Crippen molar-refractivity contribution in [1.82, 2.24) is 15.0 Å². The lowest BCUT2D eigenvalue weighted by atomic mass is 9.92. The van der Waals surface area contributed by atoms with Gasteiger partial charge in [-0.3, -0.25) is 4.79 Å². The number of nitrogens with one attached hydrogen (secondary N) is 1. The van der Waals surface area contributed by atoms with Gasteiger partial charge >= 0.3 is 0 Å². The third-order valence-electron chi connectivity index (χ3n) is 2.48. The van der Waals surface area contributed by atoms with E-state index in [4.69, 9.17) is 0 Å². The minimum absolute atomic E-state index is 0.233. The Morgan fingerprint density at radius 2 is 2.00 bits per heavy atom. The standard InChI is InChI=1S/C13H14FN3O/c1-13(2,3)10-6-11(18)17-12(16-10)9-5-4-8(14)7-15-9/h4-7H,1-3H3,(H,16,17,18). The van der Waals surface area contributed by atoms with E-state index in [1.54, 1.807) is 0 Å². The fourth-order valence-corrected chi connectivity index (χ4v) is 1.48. The Balaban J connectivity index is 2.55. The predicted molar refractivity (Wildman–Crippen MR) is 66.7 cm³/mol. The van der Waals surface area contributed by atoms with E-state index in [9.17, 15) is 9.18 Å². The van der Waals surface area contributed by atoms with Crippen molar-refractivity contribution in [2.45, 2.75) is 26.2 Å². The molecule has 0 spiro atoms. The van der Waals surface area contributed by atoms with E-state index in [0.29, 0.717) is 17.2 Å². The largest absolute Gasteiger partial charge is 0.305 e. The summed E-state index contributed by atoms with van der Waals surface area (Å²) in [6.07, 6.45) is 1.10. The molecular formula is C13H14FN3O. The number of hydrogen-bond acceptors (Lipinski definition) is 3. The molecule has 0 unspecified atom stereocenters. The number of rotatable bonds is 1. The van der Waals surface area contributed by atoms with Crippen LogP contribution in [-0.2, 0) is 5.41 Å². The van der Waals surface area contributed by atoms with Gasteiger partial charge < -0.3 is 4.98 Å². The summed E-state index contributed by atoms with van der Waals surface area (Å²) in [6.45, 7) is 5.91. The molecule has 0 aliphatic heterocycles. The number of nitrogens with zero attached hydrogens (tertiary/aromatic N) is 2. The highest BCUT2D eigenvalue weighted by atomic mass is 19.1. The summed E-state index contributed by atoms with van der Waals surface area (Å²) in [5.41, 5.74) is 0.645. The Morgan fingerprint density at radius 1 is 1.28 bits per heavy atom. The second-order valence-electron chi connectivity index (χ2n) is 5.09. The molecule has 2 rings (SSSR count). The van der Waals surface area contributed by atoms with Gasteiger partial charge in [0.05, 0.1) is 11.9 Å². The van der Waals surface area contributed by atoms with Crippen molar-refractivity contribution in [2.75, 3.05) is 0 Å². The Bertz CT molecular complexity index is 611. The van der Waals surface area contributed by atoms with Gasteiger partial charge in [0, 0.05) is 11.5 Å². The van der Waals surface area contributed by atoms with Gasteiger partial charge in [-0.25, -0.2) is 14.4 Å². The maximum absolute atomic E-state index is 12.8. The molecule has 0 radical (unpaired) electrons. The van der Waals surface area contributed by atoms with Gasteiger partial charge in [-0.05, 0) is 12.1 Å². The van der Waals surface area contributed by atoms with Gasteiger partial charge in [-0.1, -0.05) is 20.8 Å². The molecule has 0 bridgehead atoms. The number of hydrogen-bond donors (Lipinski definition) is 1. The van der Waals surface area contributed by atoms with Crippen LogP contribution in [0, 0.1) is 5.82 Å². The molecule has 2 aromatic rings. The van der Waals surface area contributed by atoms with Gasteiger partial charge in [0.1, 0.15) is 11.5 Å². The highest BCUT2D eigenvalue weighted by molar-refractivity contribution is 5.48. The molecule has 0 amide bonds. The van der Waals surface area contributed by atoms with E-state index in [0.717, 1.165) is 6.20 Å². The lowest BCUT2D eigenvalue weighted by molar-refractivity contribution is 0.566. The Morgan fingerprint density at radius 3 is 2.56 bits per heavy atom. The molecule has 0 aliphatic carbocycles. The van der Waals surface area contributed by atoms with Crippen LogP contribution < -0.4 is 5.56 Å². The summed E-state index contributed by atoms with van der Waals surface area (Å²) in [5, 5.41) is 0. The minimum Gasteiger partial charge on any atom is -0.305 e. The van der Waals surface area contributed by atoms with Gasteiger partial charge in [0.2, 0.25) is 0 Å². The third-order valence-corrected chi connectivity index (χ3v) is 2.48. The summed E-state index contributed by atoms with van der Waals surface area (Å²) in [6, 6.07) is 4.24. The molecule has 0 saturated heterocycles. The maximum atomic E-state index is 12.8. The van der Waals surface area contributed by atoms with E-state index in [1.807, 2.05) is 20.8 Å². The number of aromatic nitrogens is 3. The van der Waals surface area contributed by atoms with Crippen LogP contribution in [0.4, 0.5) is 4.39 Å². The third kappa shape index (κ3) is 2.61. The van der Waals surface area contributed by atoms with Crippen LogP contribution in [0.5, 0.6) is 0 Å². The van der Waals surface area contributed by atoms with E-state index < -0.39 is 5.82 Å². The van der Waals surface area contributed by atoms with Gasteiger partial charge in [-0.15, -0.1) is 0 Å². The normalized spacial score (nSPS) is 11.6. The lowest BCUT2D eigenvalue weighted by Gasteiger charge is -2.17. The average Bonchev–Trinajstić information content (AvgIpc) is 2.28. The monoisotopic (exact) mass is 247 g/mol. The average molecular weight is 247 g/mol. The van der Waals surface area contributed by atoms with E-state index in [-0.39, 0.29) is 11.0 Å². The zero-order chi connectivity index (χ0) is 13.3. The summed E-state index contributed by atoms with van der Waals surface area (Å²) >= 11 is 0. The quantitative estimate of drug-likeness (QED) is 0.841. The Kier molecular flexibility index (Phi) is 2.98. The van der Waals surface area contributed by atoms with Crippen molar-refractivity contribution in [1.29, 1.82) is 0 Å². The Hall–Kier alpha value is -2.04. The lowest BCUT2D eigenvalue weighted by Crippen LogP contribution is -2.20. The highest BCUT2D eigenvalue weighted by Crippen LogP contribution is 2.20. The van der Waals surface area contributed by atoms with Crippen molar-refractivity contribution >= 4 is 0 Å². The molecule has 5 heteroatoms. The molecule has 18 heavy (non-hydrogen) atoms. The summed E-state index contributed by atoms with van der Waals surface area (Å²) in [7, 11) is 0. The first-order chi connectivity index (χ1) is 8.36. The highest BCUT2D eigenvalue weighted by Gasteiger charge is 2.17. The SMILES string of the molecule is CC(C)(C)c1cc(=O)[nH]c(-c2ccc(F)cn2)n1. The second kappa shape index (κ2) is 4.33. The van der Waals surface area contributed by atoms with Crippen molar-refractivity contribution in [3.05, 3.63) is 46.3 Å². The minimum atomic E-state index is -0.423. The van der Waals surface area contributed by atoms with Crippen molar-refractivity contribution < 1.29 is 4.39 Å². The number of halogens is 1. The van der Waals surface area contributed by atoms with Gasteiger partial charge in [-0.2, -0.15) is 0 Å². The fraction of sp³-hybridized carbons (Fsp3) is 0.308. The van der Waals surface area contributed by atoms with E-state index >= 15 is 0 Å². The zero-order valence-corrected chi connectivity index (χ0v) is 10.5. The molecule has 0 saturated carbocycles. The number of aromatic amines is 1. The zero-order valence-electron chi connectivity index (χ0n) is 10.5. The van der Waals surface area contributed by atoms with Crippen LogP contribution in [0.3, 0.4) is 0 Å². The first-order valence-corrected chi connectivity index (χ1v) is 5.60. The summed E-state index contributed by atoms with van der Waals surface area (Å²) in [5.74, 6) is -0.0690. The van der Waals surface area contributed by atoms with Gasteiger partial charge in [0.25, 0.3) is 5.56 Å². The van der Waals surface area contributed by atoms with Crippen LogP contribution in [0.2, 0.25) is 0 Å². The summed E-state index contributed by atoms with van der Waals surface area (Å²) < 4.78 is 12.8. The molecule has 4 nitrogen and oxygen atoms in total. The van der Waals surface area contributed by atoms with Crippen LogP contribution in [0.15, 0.2) is 29.2 Å². The van der Waals surface area contributed by atoms with E-state index in [1.165, 1.54) is 18.2 Å². The first kappa shape index (κ1) is 12.4. The Labute approximate surface area is 104 Å². The van der Waals surface area contributed by atoms with Crippen LogP contribution in [0.25, 0.3) is 11.5 Å². The van der Waals surface area contributed by atoms with Gasteiger partial charge in [0.15, 0.2) is 5.82 Å². The molecular weight excluding hydrogens is 233 g/mol.